The van der Waals surface area contributed by atoms with Gasteiger partial charge in [0.25, 0.3) is 0 Å². The van der Waals surface area contributed by atoms with Crippen LogP contribution in [-0.2, 0) is 4.79 Å². The van der Waals surface area contributed by atoms with Crippen LogP contribution < -0.4 is 5.32 Å². The Morgan fingerprint density at radius 1 is 1.30 bits per heavy atom. The number of anilines is 1. The van der Waals surface area contributed by atoms with E-state index in [4.69, 9.17) is 11.6 Å². The smallest absolute Gasteiger partial charge is 0.330 e. The Balaban J connectivity index is 2.34. The molecule has 6 heteroatoms. The number of carboxylic acids is 1. The van der Waals surface area contributed by atoms with Crippen molar-refractivity contribution in [2.75, 3.05) is 5.32 Å². The van der Waals surface area contributed by atoms with Crippen LogP contribution in [-0.4, -0.2) is 11.1 Å². The molecule has 0 saturated heterocycles. The van der Waals surface area contributed by atoms with Crippen molar-refractivity contribution in [2.45, 2.75) is 6.04 Å². The highest BCUT2D eigenvalue weighted by atomic mass is 79.9. The van der Waals surface area contributed by atoms with Crippen LogP contribution >= 0.6 is 27.5 Å². The number of rotatable bonds is 4. The summed E-state index contributed by atoms with van der Waals surface area (Å²) in [6, 6.07) is 9.86. The van der Waals surface area contributed by atoms with Crippen molar-refractivity contribution in [3.63, 3.8) is 0 Å². The van der Waals surface area contributed by atoms with E-state index in [9.17, 15) is 14.3 Å². The van der Waals surface area contributed by atoms with Crippen LogP contribution in [0.3, 0.4) is 0 Å². The number of aliphatic carboxylic acids is 1. The molecule has 0 aliphatic rings. The second-order valence-electron chi connectivity index (χ2n) is 4.07. The summed E-state index contributed by atoms with van der Waals surface area (Å²) < 4.78 is 13.4. The van der Waals surface area contributed by atoms with E-state index in [0.29, 0.717) is 16.3 Å². The average molecular weight is 359 g/mol. The third-order valence-corrected chi connectivity index (χ3v) is 3.63. The van der Waals surface area contributed by atoms with Crippen molar-refractivity contribution >= 4 is 39.2 Å². The highest BCUT2D eigenvalue weighted by molar-refractivity contribution is 9.10. The molecule has 0 saturated carbocycles. The van der Waals surface area contributed by atoms with E-state index >= 15 is 0 Å². The highest BCUT2D eigenvalue weighted by Gasteiger charge is 2.21. The fourth-order valence-electron chi connectivity index (χ4n) is 1.71. The summed E-state index contributed by atoms with van der Waals surface area (Å²) in [7, 11) is 0. The molecule has 2 N–H and O–H groups in total. The first kappa shape index (κ1) is 14.8. The van der Waals surface area contributed by atoms with Crippen LogP contribution in [0, 0.1) is 5.82 Å². The van der Waals surface area contributed by atoms with Gasteiger partial charge in [-0.25, -0.2) is 9.18 Å². The summed E-state index contributed by atoms with van der Waals surface area (Å²) in [6.45, 7) is 0. The second kappa shape index (κ2) is 6.24. The van der Waals surface area contributed by atoms with Gasteiger partial charge in [0, 0.05) is 0 Å². The van der Waals surface area contributed by atoms with Gasteiger partial charge in [-0.2, -0.15) is 0 Å². The molecule has 0 aromatic heterocycles. The van der Waals surface area contributed by atoms with Gasteiger partial charge in [0.05, 0.1) is 15.2 Å². The minimum absolute atomic E-state index is 0.210. The summed E-state index contributed by atoms with van der Waals surface area (Å²) in [5.74, 6) is -1.53. The average Bonchev–Trinajstić information content (AvgIpc) is 2.41. The number of hydrogen-bond acceptors (Lipinski definition) is 2. The Kier molecular flexibility index (Phi) is 4.62. The molecule has 0 aliphatic heterocycles. The van der Waals surface area contributed by atoms with E-state index in [0.717, 1.165) is 0 Å². The third-order valence-electron chi connectivity index (χ3n) is 2.70. The molecule has 0 fully saturated rings. The van der Waals surface area contributed by atoms with Crippen molar-refractivity contribution in [3.05, 3.63) is 63.3 Å². The normalized spacial score (nSPS) is 11.9. The van der Waals surface area contributed by atoms with E-state index in [2.05, 4.69) is 21.2 Å². The number of para-hydroxylation sites is 1. The van der Waals surface area contributed by atoms with Gasteiger partial charge in [-0.15, -0.1) is 0 Å². The maximum Gasteiger partial charge on any atom is 0.330 e. The van der Waals surface area contributed by atoms with Crippen molar-refractivity contribution < 1.29 is 14.3 Å². The molecule has 2 aromatic carbocycles. The number of hydrogen-bond donors (Lipinski definition) is 2. The highest BCUT2D eigenvalue weighted by Crippen LogP contribution is 2.28. The predicted molar refractivity (Wildman–Crippen MR) is 79.6 cm³/mol. The molecular weight excluding hydrogens is 349 g/mol. The van der Waals surface area contributed by atoms with Gasteiger partial charge in [-0.05, 0) is 45.8 Å². The number of halogens is 3. The van der Waals surface area contributed by atoms with Gasteiger partial charge in [0.15, 0.2) is 6.04 Å². The zero-order valence-electron chi connectivity index (χ0n) is 10.1. The topological polar surface area (TPSA) is 49.3 Å². The minimum Gasteiger partial charge on any atom is -0.479 e. The number of carboxylic acid groups (broad SMARTS) is 1. The lowest BCUT2D eigenvalue weighted by molar-refractivity contribution is -0.138. The van der Waals surface area contributed by atoms with Gasteiger partial charge in [0.1, 0.15) is 5.82 Å². The number of benzene rings is 2. The predicted octanol–water partition coefficient (Wildman–Crippen LogP) is 4.48. The summed E-state index contributed by atoms with van der Waals surface area (Å²) in [5.41, 5.74) is 0.924. The van der Waals surface area contributed by atoms with E-state index < -0.39 is 17.8 Å². The van der Waals surface area contributed by atoms with E-state index in [1.54, 1.807) is 24.3 Å². The third kappa shape index (κ3) is 3.29. The zero-order chi connectivity index (χ0) is 14.7. The maximum absolute atomic E-state index is 13.2. The molecule has 3 nitrogen and oxygen atoms in total. The molecular formula is C14H10BrClFNO2. The lowest BCUT2D eigenvalue weighted by Gasteiger charge is -2.17. The Hall–Kier alpha value is -1.59. The van der Waals surface area contributed by atoms with Crippen LogP contribution in [0.4, 0.5) is 10.1 Å². The van der Waals surface area contributed by atoms with Crippen molar-refractivity contribution in [2.24, 2.45) is 0 Å². The molecule has 0 bridgehead atoms. The van der Waals surface area contributed by atoms with E-state index in [-0.39, 0.29) is 4.47 Å². The molecule has 104 valence electrons. The molecule has 2 aromatic rings. The molecule has 0 spiro atoms. The monoisotopic (exact) mass is 357 g/mol. The van der Waals surface area contributed by atoms with Crippen LogP contribution in [0.15, 0.2) is 46.9 Å². The SMILES string of the molecule is O=C(O)C(Nc1ccccc1Cl)c1ccc(F)c(Br)c1. The van der Waals surface area contributed by atoms with Crippen LogP contribution in [0.25, 0.3) is 0 Å². The molecule has 1 unspecified atom stereocenters. The van der Waals surface area contributed by atoms with Gasteiger partial charge >= 0.3 is 5.97 Å². The van der Waals surface area contributed by atoms with E-state index in [1.165, 1.54) is 18.2 Å². The molecule has 0 radical (unpaired) electrons. The standard InChI is InChI=1S/C14H10BrClFNO2/c15-9-7-8(5-6-11(9)17)13(14(19)20)18-12-4-2-1-3-10(12)16/h1-7,13,18H,(H,19,20). The Morgan fingerprint density at radius 2 is 2.00 bits per heavy atom. The number of nitrogens with one attached hydrogen (secondary N) is 1. The van der Waals surface area contributed by atoms with E-state index in [1.807, 2.05) is 0 Å². The van der Waals surface area contributed by atoms with Crippen molar-refractivity contribution in [1.82, 2.24) is 0 Å². The molecule has 20 heavy (non-hydrogen) atoms. The summed E-state index contributed by atoms with van der Waals surface area (Å²) in [4.78, 5) is 11.4. The second-order valence-corrected chi connectivity index (χ2v) is 5.33. The number of carbonyl (C=O) groups is 1. The molecule has 0 amide bonds. The fourth-order valence-corrected chi connectivity index (χ4v) is 2.30. The Bertz CT molecular complexity index is 651. The first-order chi connectivity index (χ1) is 9.49. The van der Waals surface area contributed by atoms with Gasteiger partial charge < -0.3 is 10.4 Å². The Morgan fingerprint density at radius 3 is 2.60 bits per heavy atom. The summed E-state index contributed by atoms with van der Waals surface area (Å²) >= 11 is 9.03. The van der Waals surface area contributed by atoms with Crippen molar-refractivity contribution in [1.29, 1.82) is 0 Å². The lowest BCUT2D eigenvalue weighted by atomic mass is 10.1. The zero-order valence-corrected chi connectivity index (χ0v) is 12.5. The van der Waals surface area contributed by atoms with Crippen LogP contribution in [0.1, 0.15) is 11.6 Å². The fraction of sp³-hybridized carbons (Fsp3) is 0.0714. The molecule has 2 rings (SSSR count). The quantitative estimate of drug-likeness (QED) is 0.847. The van der Waals surface area contributed by atoms with Gasteiger partial charge in [-0.1, -0.05) is 29.8 Å². The van der Waals surface area contributed by atoms with Crippen molar-refractivity contribution in [3.8, 4) is 0 Å². The van der Waals surface area contributed by atoms with Gasteiger partial charge in [-0.3, -0.25) is 0 Å². The maximum atomic E-state index is 13.2. The molecule has 1 atom stereocenters. The largest absolute Gasteiger partial charge is 0.479 e. The summed E-state index contributed by atoms with van der Waals surface area (Å²) in [6.07, 6.45) is 0. The Labute approximate surface area is 128 Å². The molecule has 0 aliphatic carbocycles. The van der Waals surface area contributed by atoms with Crippen LogP contribution in [0.2, 0.25) is 5.02 Å². The first-order valence-corrected chi connectivity index (χ1v) is 6.85. The van der Waals surface area contributed by atoms with Gasteiger partial charge in [0.2, 0.25) is 0 Å². The minimum atomic E-state index is -1.08. The van der Waals surface area contributed by atoms with Crippen LogP contribution in [0.5, 0.6) is 0 Å². The lowest BCUT2D eigenvalue weighted by Crippen LogP contribution is -2.20. The summed E-state index contributed by atoms with van der Waals surface area (Å²) in [5, 5.41) is 12.6. The first-order valence-electron chi connectivity index (χ1n) is 5.68. The molecule has 0 heterocycles.